The van der Waals surface area contributed by atoms with Crippen molar-refractivity contribution < 1.29 is 23.2 Å². The molecule has 0 amide bonds. The summed E-state index contributed by atoms with van der Waals surface area (Å²) in [6, 6.07) is -0.575. The van der Waals surface area contributed by atoms with Gasteiger partial charge in [-0.1, -0.05) is 43.5 Å². The normalized spacial score (nSPS) is 28.1. The highest BCUT2D eigenvalue weighted by Gasteiger charge is 2.52. The van der Waals surface area contributed by atoms with E-state index in [9.17, 15) is 9.90 Å². The molecule has 0 saturated carbocycles. The highest BCUT2D eigenvalue weighted by molar-refractivity contribution is 9.15. The van der Waals surface area contributed by atoms with Gasteiger partial charge < -0.3 is 18.8 Å². The van der Waals surface area contributed by atoms with Crippen molar-refractivity contribution in [1.82, 2.24) is 19.5 Å². The molecule has 9 nitrogen and oxygen atoms in total. The summed E-state index contributed by atoms with van der Waals surface area (Å²) in [4.78, 5) is 22.3. The first-order valence-corrected chi connectivity index (χ1v) is 19.4. The molecule has 4 atom stereocenters. The van der Waals surface area contributed by atoms with Gasteiger partial charge in [0.05, 0.1) is 12.9 Å². The number of fused-ring (bicyclic) bond motifs is 1. The van der Waals surface area contributed by atoms with E-state index in [4.69, 9.17) is 25.9 Å². The molecule has 0 aliphatic carbocycles. The van der Waals surface area contributed by atoms with Crippen LogP contribution in [0.2, 0.25) is 18.1 Å². The smallest absolute Gasteiger partial charge is 0.296 e. The molecular formula is C18H29FN4O5PS3Si. The molecule has 0 bridgehead atoms. The third kappa shape index (κ3) is 5.13. The van der Waals surface area contributed by atoms with Crippen LogP contribution in [0.15, 0.2) is 11.1 Å². The molecule has 4 rings (SSSR count). The molecule has 0 unspecified atom stereocenters. The molecule has 1 radical (unpaired) electrons. The SMILES string of the molecule is CC(C)(C)[Si](C)(C)O[C@H]1[C@@H](F)[C@H](n2cnc3c(=O)[nH]c(O)nc32)O[C@@H]1CO[P]1(S)SCCS1. The number of imidazole rings is 1. The summed E-state index contributed by atoms with van der Waals surface area (Å²) < 4.78 is 36.1. The van der Waals surface area contributed by atoms with Gasteiger partial charge in [0, 0.05) is 11.5 Å². The van der Waals surface area contributed by atoms with Gasteiger partial charge in [-0.15, -0.1) is 12.2 Å². The Balaban J connectivity index is 1.65. The summed E-state index contributed by atoms with van der Waals surface area (Å²) in [5.41, 5.74) is -0.587. The van der Waals surface area contributed by atoms with Gasteiger partial charge in [0.2, 0.25) is 0 Å². The number of halogens is 1. The van der Waals surface area contributed by atoms with Crippen LogP contribution in [0.25, 0.3) is 11.2 Å². The summed E-state index contributed by atoms with van der Waals surface area (Å²) in [5, 5.41) is 7.66. The van der Waals surface area contributed by atoms with Crippen molar-refractivity contribution in [3.05, 3.63) is 16.7 Å². The van der Waals surface area contributed by atoms with Gasteiger partial charge in [-0.05, 0) is 18.1 Å². The van der Waals surface area contributed by atoms with Crippen LogP contribution in [-0.4, -0.2) is 69.4 Å². The molecule has 15 heteroatoms. The second-order valence-electron chi connectivity index (χ2n) is 9.50. The predicted octanol–water partition coefficient (Wildman–Crippen LogP) is 4.56. The quantitative estimate of drug-likeness (QED) is 0.268. The molecule has 2 aliphatic rings. The lowest BCUT2D eigenvalue weighted by molar-refractivity contribution is -0.0379. The lowest BCUT2D eigenvalue weighted by Crippen LogP contribution is -2.49. The van der Waals surface area contributed by atoms with Crippen molar-refractivity contribution in [3.8, 4) is 6.01 Å². The number of hydrogen-bond acceptors (Lipinski definition) is 10. The third-order valence-corrected chi connectivity index (χ3v) is 20.8. The van der Waals surface area contributed by atoms with Crippen molar-refractivity contribution in [2.75, 3.05) is 18.1 Å². The highest BCUT2D eigenvalue weighted by atomic mass is 33.4. The van der Waals surface area contributed by atoms with E-state index >= 15 is 4.39 Å². The van der Waals surface area contributed by atoms with Crippen LogP contribution in [0.4, 0.5) is 4.39 Å². The summed E-state index contributed by atoms with van der Waals surface area (Å²) in [6.07, 6.45) is -2.96. The number of H-pyrrole nitrogens is 1. The maximum atomic E-state index is 16.0. The molecule has 0 aromatic carbocycles. The standard InChI is InChI=1S/C18H29FN4O5PS3Si/c1-18(2,3)33(4,5)28-13-10(8-26-29(30)31-6-7-32-29)27-16(11(13)19)23-9-20-12-14(23)21-17(25)22-15(12)24/h9-11,13,16,30H,6-8H2,1-5H3,(H2,21,22,24,25)/t10-,11-,13-,16-/m1/s1. The van der Waals surface area contributed by atoms with Crippen molar-refractivity contribution in [1.29, 1.82) is 0 Å². The van der Waals surface area contributed by atoms with Crippen molar-refractivity contribution in [2.24, 2.45) is 0 Å². The third-order valence-electron chi connectivity index (χ3n) is 6.19. The fraction of sp³-hybridized carbons (Fsp3) is 0.722. The van der Waals surface area contributed by atoms with Crippen LogP contribution >= 0.6 is 40.1 Å². The Bertz CT molecular complexity index is 1080. The Kier molecular flexibility index (Phi) is 7.23. The number of aromatic nitrogens is 4. The van der Waals surface area contributed by atoms with Gasteiger partial charge in [0.1, 0.15) is 17.3 Å². The molecule has 33 heavy (non-hydrogen) atoms. The van der Waals surface area contributed by atoms with E-state index < -0.39 is 49.6 Å². The topological polar surface area (TPSA) is 111 Å². The lowest BCUT2D eigenvalue weighted by Gasteiger charge is -2.39. The van der Waals surface area contributed by atoms with Crippen LogP contribution in [-0.2, 0) is 13.7 Å². The molecular weight excluding hydrogens is 526 g/mol. The average Bonchev–Trinajstić information content (AvgIpc) is 3.39. The van der Waals surface area contributed by atoms with Gasteiger partial charge >= 0.3 is 0 Å². The second kappa shape index (κ2) is 9.27. The molecule has 2 aromatic rings. The molecule has 2 N–H and O–H groups in total. The molecule has 4 heterocycles. The zero-order chi connectivity index (χ0) is 24.2. The van der Waals surface area contributed by atoms with Crippen molar-refractivity contribution in [3.63, 3.8) is 0 Å². The number of aromatic hydroxyl groups is 1. The number of nitrogens with zero attached hydrogens (tertiary/aromatic N) is 3. The first kappa shape index (κ1) is 25.7. The zero-order valence-electron chi connectivity index (χ0n) is 19.0. The summed E-state index contributed by atoms with van der Waals surface area (Å²) in [5.74, 6) is 1.94. The molecule has 2 aliphatic heterocycles. The maximum Gasteiger partial charge on any atom is 0.296 e. The van der Waals surface area contributed by atoms with Crippen LogP contribution in [0.3, 0.4) is 0 Å². The first-order chi connectivity index (χ1) is 15.3. The fourth-order valence-corrected chi connectivity index (χ4v) is 13.8. The Morgan fingerprint density at radius 1 is 1.42 bits per heavy atom. The van der Waals surface area contributed by atoms with Gasteiger partial charge in [-0.2, -0.15) is 4.98 Å². The number of aromatic amines is 1. The predicted molar refractivity (Wildman–Crippen MR) is 137 cm³/mol. The van der Waals surface area contributed by atoms with Crippen molar-refractivity contribution >= 4 is 59.6 Å². The molecule has 185 valence electrons. The second-order valence-corrected chi connectivity index (χ2v) is 25.4. The van der Waals surface area contributed by atoms with E-state index in [1.54, 1.807) is 22.8 Å². The first-order valence-electron chi connectivity index (χ1n) is 10.5. The Morgan fingerprint density at radius 3 is 2.73 bits per heavy atom. The molecule has 2 saturated heterocycles. The molecule has 2 fully saturated rings. The number of nitrogens with one attached hydrogen (secondary N) is 1. The van der Waals surface area contributed by atoms with Crippen LogP contribution in [0, 0.1) is 0 Å². The monoisotopic (exact) mass is 555 g/mol. The highest BCUT2D eigenvalue weighted by Crippen LogP contribution is 2.87. The fourth-order valence-electron chi connectivity index (χ4n) is 3.40. The van der Waals surface area contributed by atoms with Gasteiger partial charge in [-0.3, -0.25) is 14.3 Å². The van der Waals surface area contributed by atoms with Crippen LogP contribution in [0.5, 0.6) is 6.01 Å². The Morgan fingerprint density at radius 2 is 2.09 bits per heavy atom. The van der Waals surface area contributed by atoms with E-state index in [1.165, 1.54) is 10.9 Å². The van der Waals surface area contributed by atoms with Crippen LogP contribution < -0.4 is 5.56 Å². The minimum Gasteiger partial charge on any atom is -0.480 e. The van der Waals surface area contributed by atoms with Crippen molar-refractivity contribution in [2.45, 2.75) is 63.5 Å². The zero-order valence-corrected chi connectivity index (χ0v) is 23.4. The van der Waals surface area contributed by atoms with Gasteiger partial charge in [0.15, 0.2) is 31.9 Å². The lowest BCUT2D eigenvalue weighted by atomic mass is 10.1. The number of hydrogen-bond donors (Lipinski definition) is 3. The maximum absolute atomic E-state index is 16.0. The van der Waals surface area contributed by atoms with E-state index in [0.29, 0.717) is 0 Å². The van der Waals surface area contributed by atoms with E-state index in [0.717, 1.165) is 11.5 Å². The average molecular weight is 556 g/mol. The number of alkyl halides is 1. The number of rotatable bonds is 6. The van der Waals surface area contributed by atoms with E-state index in [-0.39, 0.29) is 22.8 Å². The van der Waals surface area contributed by atoms with E-state index in [2.05, 4.69) is 48.8 Å². The van der Waals surface area contributed by atoms with E-state index in [1.807, 2.05) is 0 Å². The van der Waals surface area contributed by atoms with Crippen LogP contribution in [0.1, 0.15) is 27.0 Å². The summed E-state index contributed by atoms with van der Waals surface area (Å²) in [6.45, 7) is 10.5. The molecule has 2 aromatic heterocycles. The number of ether oxygens (including phenoxy) is 1. The number of thiol groups is 1. The van der Waals surface area contributed by atoms with Gasteiger partial charge in [0.25, 0.3) is 11.6 Å². The Labute approximate surface area is 206 Å². The molecule has 0 spiro atoms. The summed E-state index contributed by atoms with van der Waals surface area (Å²) >= 11 is 8.12. The largest absolute Gasteiger partial charge is 0.480 e. The summed E-state index contributed by atoms with van der Waals surface area (Å²) in [7, 11) is -2.35. The minimum atomic E-state index is -2.35. The Hall–Kier alpha value is -0.343. The van der Waals surface area contributed by atoms with Gasteiger partial charge in [-0.25, -0.2) is 9.37 Å². The minimum absolute atomic E-state index is 0.0100.